The number of rotatable bonds is 3. The molecule has 3 N–H and O–H groups in total. The molecule has 0 amide bonds. The molecule has 20 heavy (non-hydrogen) atoms. The molecule has 0 saturated heterocycles. The smallest absolute Gasteiger partial charge is 0.262 e. The Kier molecular flexibility index (Phi) is 4.19. The monoisotopic (exact) mass is 406 g/mol. The second-order valence-electron chi connectivity index (χ2n) is 4.31. The summed E-state index contributed by atoms with van der Waals surface area (Å²) in [7, 11) is -3.75. The predicted molar refractivity (Wildman–Crippen MR) is 85.5 cm³/mol. The molecule has 0 spiro atoms. The Morgan fingerprint density at radius 2 is 1.90 bits per heavy atom. The van der Waals surface area contributed by atoms with Crippen LogP contribution in [0.3, 0.4) is 0 Å². The zero-order valence-corrected chi connectivity index (χ0v) is 13.5. The van der Waals surface area contributed by atoms with Gasteiger partial charge in [0, 0.05) is 9.26 Å². The van der Waals surface area contributed by atoms with Crippen LogP contribution in [0.15, 0.2) is 41.3 Å². The van der Waals surface area contributed by atoms with Gasteiger partial charge >= 0.3 is 0 Å². The molecular formula is C13H12FIN2O2S. The lowest BCUT2D eigenvalue weighted by Gasteiger charge is -2.11. The average Bonchev–Trinajstić information content (AvgIpc) is 2.31. The van der Waals surface area contributed by atoms with Crippen molar-refractivity contribution in [2.24, 2.45) is 0 Å². The number of halogens is 2. The van der Waals surface area contributed by atoms with Gasteiger partial charge in [-0.2, -0.15) is 0 Å². The fourth-order valence-corrected chi connectivity index (χ4v) is 3.72. The van der Waals surface area contributed by atoms with Crippen molar-refractivity contribution in [3.8, 4) is 0 Å². The van der Waals surface area contributed by atoms with Crippen LogP contribution in [0.5, 0.6) is 0 Å². The first kappa shape index (κ1) is 15.0. The van der Waals surface area contributed by atoms with E-state index < -0.39 is 15.8 Å². The van der Waals surface area contributed by atoms with E-state index in [2.05, 4.69) is 4.72 Å². The molecular weight excluding hydrogens is 394 g/mol. The van der Waals surface area contributed by atoms with Crippen molar-refractivity contribution in [3.63, 3.8) is 0 Å². The third-order valence-electron chi connectivity index (χ3n) is 2.56. The van der Waals surface area contributed by atoms with Crippen LogP contribution in [-0.4, -0.2) is 8.42 Å². The molecule has 2 aromatic rings. The SMILES string of the molecule is Cc1cc(N)cc(S(=O)(=O)Nc2ccc(F)cc2I)c1. The van der Waals surface area contributed by atoms with Crippen molar-refractivity contribution in [2.45, 2.75) is 11.8 Å². The van der Waals surface area contributed by atoms with Gasteiger partial charge in [-0.05, 0) is 71.5 Å². The number of aryl methyl sites for hydroxylation is 1. The number of hydrogen-bond donors (Lipinski definition) is 2. The quantitative estimate of drug-likeness (QED) is 0.608. The Morgan fingerprint density at radius 3 is 2.50 bits per heavy atom. The summed E-state index contributed by atoms with van der Waals surface area (Å²) in [4.78, 5) is 0.0788. The van der Waals surface area contributed by atoms with E-state index in [0.717, 1.165) is 5.56 Å². The minimum atomic E-state index is -3.75. The first-order valence-corrected chi connectivity index (χ1v) is 8.19. The third kappa shape index (κ3) is 3.40. The van der Waals surface area contributed by atoms with E-state index in [4.69, 9.17) is 5.73 Å². The van der Waals surface area contributed by atoms with Crippen molar-refractivity contribution >= 4 is 44.0 Å². The van der Waals surface area contributed by atoms with Crippen LogP contribution in [0.4, 0.5) is 15.8 Å². The minimum absolute atomic E-state index is 0.0788. The normalized spacial score (nSPS) is 11.3. The van der Waals surface area contributed by atoms with Gasteiger partial charge in [-0.15, -0.1) is 0 Å². The second kappa shape index (κ2) is 5.57. The van der Waals surface area contributed by atoms with Crippen LogP contribution in [0.1, 0.15) is 5.56 Å². The Bertz CT molecular complexity index is 743. The van der Waals surface area contributed by atoms with Crippen molar-refractivity contribution in [3.05, 3.63) is 51.3 Å². The van der Waals surface area contributed by atoms with E-state index in [9.17, 15) is 12.8 Å². The Hall–Kier alpha value is -1.35. The molecule has 0 atom stereocenters. The molecule has 0 aliphatic heterocycles. The summed E-state index contributed by atoms with van der Waals surface area (Å²) in [6, 6.07) is 8.42. The fourth-order valence-electron chi connectivity index (χ4n) is 1.71. The van der Waals surface area contributed by atoms with Gasteiger partial charge in [0.15, 0.2) is 0 Å². The zero-order chi connectivity index (χ0) is 14.9. The highest BCUT2D eigenvalue weighted by molar-refractivity contribution is 14.1. The molecule has 0 heterocycles. The highest BCUT2D eigenvalue weighted by atomic mass is 127. The number of sulfonamides is 1. The predicted octanol–water partition coefficient (Wildman–Crippen LogP) is 3.12. The number of benzene rings is 2. The van der Waals surface area contributed by atoms with Crippen molar-refractivity contribution in [1.29, 1.82) is 0 Å². The molecule has 2 aromatic carbocycles. The van der Waals surface area contributed by atoms with E-state index in [1.807, 2.05) is 22.6 Å². The first-order chi connectivity index (χ1) is 9.28. The van der Waals surface area contributed by atoms with Gasteiger partial charge in [0.25, 0.3) is 10.0 Å². The zero-order valence-electron chi connectivity index (χ0n) is 10.5. The molecule has 0 bridgehead atoms. The molecule has 2 rings (SSSR count). The molecule has 4 nitrogen and oxygen atoms in total. The summed E-state index contributed by atoms with van der Waals surface area (Å²) in [5.41, 5.74) is 7.11. The standard InChI is InChI=1S/C13H12FIN2O2S/c1-8-4-10(16)7-11(5-8)20(18,19)17-13-3-2-9(14)6-12(13)15/h2-7,17H,16H2,1H3. The first-order valence-electron chi connectivity index (χ1n) is 5.63. The number of anilines is 2. The summed E-state index contributed by atoms with van der Waals surface area (Å²) < 4.78 is 40.5. The van der Waals surface area contributed by atoms with E-state index in [0.29, 0.717) is 14.9 Å². The Balaban J connectivity index is 2.40. The van der Waals surface area contributed by atoms with Gasteiger partial charge in [0.05, 0.1) is 10.6 Å². The van der Waals surface area contributed by atoms with E-state index in [1.165, 1.54) is 30.3 Å². The Morgan fingerprint density at radius 1 is 1.20 bits per heavy atom. The lowest BCUT2D eigenvalue weighted by Crippen LogP contribution is -2.14. The van der Waals surface area contributed by atoms with Gasteiger partial charge < -0.3 is 5.73 Å². The average molecular weight is 406 g/mol. The van der Waals surface area contributed by atoms with Gasteiger partial charge in [-0.3, -0.25) is 4.72 Å². The van der Waals surface area contributed by atoms with E-state index in [-0.39, 0.29) is 4.90 Å². The van der Waals surface area contributed by atoms with E-state index >= 15 is 0 Å². The molecule has 0 saturated carbocycles. The highest BCUT2D eigenvalue weighted by Crippen LogP contribution is 2.24. The van der Waals surface area contributed by atoms with Gasteiger partial charge in [-0.25, -0.2) is 12.8 Å². The molecule has 0 aromatic heterocycles. The summed E-state index contributed by atoms with van der Waals surface area (Å²) >= 11 is 1.87. The maximum atomic E-state index is 13.0. The van der Waals surface area contributed by atoms with Crippen LogP contribution in [0.25, 0.3) is 0 Å². The van der Waals surface area contributed by atoms with Crippen molar-refractivity contribution in [2.75, 3.05) is 10.5 Å². The van der Waals surface area contributed by atoms with Gasteiger partial charge in [0.2, 0.25) is 0 Å². The highest BCUT2D eigenvalue weighted by Gasteiger charge is 2.16. The van der Waals surface area contributed by atoms with Crippen LogP contribution >= 0.6 is 22.6 Å². The molecule has 0 fully saturated rings. The van der Waals surface area contributed by atoms with Gasteiger partial charge in [-0.1, -0.05) is 0 Å². The van der Waals surface area contributed by atoms with Crippen LogP contribution in [0, 0.1) is 16.3 Å². The molecule has 0 aliphatic rings. The molecule has 0 unspecified atom stereocenters. The number of nitrogen functional groups attached to an aromatic ring is 1. The lowest BCUT2D eigenvalue weighted by atomic mass is 10.2. The lowest BCUT2D eigenvalue weighted by molar-refractivity contribution is 0.601. The van der Waals surface area contributed by atoms with Crippen molar-refractivity contribution < 1.29 is 12.8 Å². The largest absolute Gasteiger partial charge is 0.399 e. The minimum Gasteiger partial charge on any atom is -0.399 e. The van der Waals surface area contributed by atoms with Gasteiger partial charge in [0.1, 0.15) is 5.82 Å². The van der Waals surface area contributed by atoms with E-state index in [1.54, 1.807) is 13.0 Å². The fraction of sp³-hybridized carbons (Fsp3) is 0.0769. The summed E-state index contributed by atoms with van der Waals surface area (Å²) in [5, 5.41) is 0. The summed E-state index contributed by atoms with van der Waals surface area (Å²) in [5.74, 6) is -0.419. The van der Waals surface area contributed by atoms with Crippen LogP contribution in [-0.2, 0) is 10.0 Å². The summed E-state index contributed by atoms with van der Waals surface area (Å²) in [6.45, 7) is 1.76. The van der Waals surface area contributed by atoms with Crippen molar-refractivity contribution in [1.82, 2.24) is 0 Å². The maximum absolute atomic E-state index is 13.0. The molecule has 106 valence electrons. The molecule has 7 heteroatoms. The molecule has 0 radical (unpaired) electrons. The Labute approximate surface area is 130 Å². The van der Waals surface area contributed by atoms with Crippen LogP contribution < -0.4 is 10.5 Å². The third-order valence-corrected chi connectivity index (χ3v) is 4.80. The molecule has 0 aliphatic carbocycles. The summed E-state index contributed by atoms with van der Waals surface area (Å²) in [6.07, 6.45) is 0. The van der Waals surface area contributed by atoms with Crippen LogP contribution in [0.2, 0.25) is 0 Å². The number of nitrogens with one attached hydrogen (secondary N) is 1. The topological polar surface area (TPSA) is 72.2 Å². The number of nitrogens with two attached hydrogens (primary N) is 1. The maximum Gasteiger partial charge on any atom is 0.262 e. The second-order valence-corrected chi connectivity index (χ2v) is 7.15. The number of hydrogen-bond acceptors (Lipinski definition) is 3.